The Kier molecular flexibility index (Phi) is 7.77. The first-order chi connectivity index (χ1) is 22.4. The summed E-state index contributed by atoms with van der Waals surface area (Å²) in [6.07, 6.45) is 0.201. The van der Waals surface area contributed by atoms with Crippen molar-refractivity contribution in [1.29, 1.82) is 0 Å². The lowest BCUT2D eigenvalue weighted by Gasteiger charge is -2.38. The maximum atomic E-state index is 13.5. The highest BCUT2D eigenvalue weighted by Gasteiger charge is 2.47. The minimum Gasteiger partial charge on any atom is -0.373 e. The number of ether oxygens (including phenoxy) is 1. The van der Waals surface area contributed by atoms with Gasteiger partial charge in [0, 0.05) is 52.8 Å². The highest BCUT2D eigenvalue weighted by molar-refractivity contribution is 6.16. The molecule has 1 spiro atoms. The van der Waals surface area contributed by atoms with Crippen LogP contribution in [0.1, 0.15) is 84.2 Å². The summed E-state index contributed by atoms with van der Waals surface area (Å²) in [4.78, 5) is 45.1. The minimum atomic E-state index is -4.55. The molecule has 0 unspecified atom stereocenters. The maximum Gasteiger partial charge on any atom is 0.433 e. The molecule has 7 rings (SSSR count). The van der Waals surface area contributed by atoms with Crippen molar-refractivity contribution in [2.75, 3.05) is 18.0 Å². The number of nitrogens with zero attached hydrogens (tertiary/aromatic N) is 5. The number of anilines is 1. The standard InChI is InChI=1S/C34H36F3N7O3/c1-18-29(19(2)40-28(39-18)16-27(38)45)21-5-6-22(17-47-23-7-8-23)25(15-21)44-13-11-33(12-14-44)32(46)42-31(43-33)24-9-10-26(34(35,36)37)41-30(24)20-3-4-20/h5-6,9-10,15,20,23H,3-4,7-8,11-14,16-17H2,1-2H3,(H2,38,45)(H,42,43,46). The van der Waals surface area contributed by atoms with Crippen molar-refractivity contribution in [3.63, 3.8) is 0 Å². The Balaban J connectivity index is 1.16. The summed E-state index contributed by atoms with van der Waals surface area (Å²) in [5, 5.41) is 2.89. The van der Waals surface area contributed by atoms with Gasteiger partial charge in [0.2, 0.25) is 5.91 Å². The molecule has 2 aliphatic carbocycles. The van der Waals surface area contributed by atoms with Gasteiger partial charge in [0.15, 0.2) is 0 Å². The van der Waals surface area contributed by atoms with Gasteiger partial charge in [-0.15, -0.1) is 0 Å². The molecule has 1 saturated heterocycles. The number of hydrogen-bond acceptors (Lipinski definition) is 8. The van der Waals surface area contributed by atoms with Crippen molar-refractivity contribution in [3.8, 4) is 11.1 Å². The summed E-state index contributed by atoms with van der Waals surface area (Å²) in [5.74, 6) is -0.102. The molecule has 47 heavy (non-hydrogen) atoms. The number of aromatic nitrogens is 3. The van der Waals surface area contributed by atoms with Gasteiger partial charge < -0.3 is 20.7 Å². The fourth-order valence-corrected chi connectivity index (χ4v) is 6.62. The Labute approximate surface area is 270 Å². The van der Waals surface area contributed by atoms with Crippen molar-refractivity contribution in [3.05, 3.63) is 70.1 Å². The van der Waals surface area contributed by atoms with E-state index in [1.165, 1.54) is 6.07 Å². The van der Waals surface area contributed by atoms with Gasteiger partial charge in [0.1, 0.15) is 22.9 Å². The molecule has 4 aliphatic rings. The number of aryl methyl sites for hydroxylation is 2. The van der Waals surface area contributed by atoms with Crippen LogP contribution < -0.4 is 16.0 Å². The van der Waals surface area contributed by atoms with Gasteiger partial charge in [-0.3, -0.25) is 14.6 Å². The first kappa shape index (κ1) is 31.2. The summed E-state index contributed by atoms with van der Waals surface area (Å²) in [5.41, 5.74) is 9.56. The zero-order valence-electron chi connectivity index (χ0n) is 26.3. The number of rotatable bonds is 9. The van der Waals surface area contributed by atoms with Gasteiger partial charge in [0.25, 0.3) is 5.91 Å². The van der Waals surface area contributed by atoms with Gasteiger partial charge in [-0.1, -0.05) is 12.1 Å². The molecule has 3 aromatic rings. The van der Waals surface area contributed by atoms with E-state index in [1.54, 1.807) is 0 Å². The Morgan fingerprint density at radius 1 is 1.04 bits per heavy atom. The monoisotopic (exact) mass is 647 g/mol. The van der Waals surface area contributed by atoms with Crippen LogP contribution in [0.3, 0.4) is 0 Å². The molecule has 2 saturated carbocycles. The molecule has 3 N–H and O–H groups in total. The lowest BCUT2D eigenvalue weighted by atomic mass is 9.87. The summed E-state index contributed by atoms with van der Waals surface area (Å²) in [7, 11) is 0. The molecule has 2 aliphatic heterocycles. The van der Waals surface area contributed by atoms with Gasteiger partial charge in [-0.05, 0) is 76.1 Å². The third kappa shape index (κ3) is 6.32. The third-order valence-corrected chi connectivity index (χ3v) is 9.37. The van der Waals surface area contributed by atoms with Crippen LogP contribution in [-0.4, -0.2) is 57.3 Å². The van der Waals surface area contributed by atoms with Crippen LogP contribution in [0, 0.1) is 13.8 Å². The number of hydrogen-bond donors (Lipinski definition) is 2. The Hall–Kier alpha value is -4.39. The first-order valence-corrected chi connectivity index (χ1v) is 16.0. The van der Waals surface area contributed by atoms with Crippen LogP contribution in [0.2, 0.25) is 0 Å². The number of nitrogens with two attached hydrogens (primary N) is 1. The van der Waals surface area contributed by atoms with Crippen molar-refractivity contribution >= 4 is 23.3 Å². The summed E-state index contributed by atoms with van der Waals surface area (Å²) in [6.45, 7) is 5.31. The molecular formula is C34H36F3N7O3. The van der Waals surface area contributed by atoms with E-state index in [9.17, 15) is 22.8 Å². The summed E-state index contributed by atoms with van der Waals surface area (Å²) >= 11 is 0. The van der Waals surface area contributed by atoms with E-state index in [-0.39, 0.29) is 24.3 Å². The van der Waals surface area contributed by atoms with Crippen LogP contribution in [0.4, 0.5) is 18.9 Å². The lowest BCUT2D eigenvalue weighted by Crippen LogP contribution is -2.49. The van der Waals surface area contributed by atoms with Crippen molar-refractivity contribution in [2.45, 2.75) is 89.1 Å². The number of aliphatic imine (C=N–C) groups is 1. The van der Waals surface area contributed by atoms with Gasteiger partial charge in [-0.2, -0.15) is 13.2 Å². The number of nitrogens with one attached hydrogen (secondary N) is 1. The van der Waals surface area contributed by atoms with Gasteiger partial charge >= 0.3 is 6.18 Å². The number of carbonyl (C=O) groups excluding carboxylic acids is 2. The zero-order valence-corrected chi connectivity index (χ0v) is 26.3. The fourth-order valence-electron chi connectivity index (χ4n) is 6.62. The van der Waals surface area contributed by atoms with Gasteiger partial charge in [0.05, 0.1) is 24.8 Å². The van der Waals surface area contributed by atoms with Gasteiger partial charge in [-0.25, -0.2) is 15.0 Å². The Bertz CT molecular complexity index is 1770. The second kappa shape index (κ2) is 11.7. The van der Waals surface area contributed by atoms with Crippen LogP contribution in [0.25, 0.3) is 11.1 Å². The molecule has 10 nitrogen and oxygen atoms in total. The largest absolute Gasteiger partial charge is 0.433 e. The molecule has 4 heterocycles. The maximum absolute atomic E-state index is 13.5. The average molecular weight is 648 g/mol. The molecule has 2 amide bonds. The molecular weight excluding hydrogens is 611 g/mol. The number of primary amides is 1. The van der Waals surface area contributed by atoms with Crippen LogP contribution >= 0.6 is 0 Å². The van der Waals surface area contributed by atoms with E-state index < -0.39 is 23.3 Å². The topological polar surface area (TPSA) is 136 Å². The van der Waals surface area contributed by atoms with E-state index in [0.717, 1.165) is 65.5 Å². The number of piperidine rings is 1. The van der Waals surface area contributed by atoms with Crippen LogP contribution in [0.5, 0.6) is 0 Å². The Morgan fingerprint density at radius 3 is 2.36 bits per heavy atom. The second-order valence-corrected chi connectivity index (χ2v) is 13.0. The number of amidine groups is 1. The SMILES string of the molecule is Cc1nc(CC(N)=O)nc(C)c1-c1ccc(COC2CC2)c(N2CCC3(CC2)N=C(c2ccc(C(F)(F)F)nc2C2CC2)NC3=O)c1. The number of carbonyl (C=O) groups is 2. The molecule has 0 atom stereocenters. The summed E-state index contributed by atoms with van der Waals surface area (Å²) in [6, 6.07) is 8.55. The minimum absolute atomic E-state index is 0.0325. The molecule has 0 bridgehead atoms. The number of halogens is 3. The highest BCUT2D eigenvalue weighted by atomic mass is 19.4. The van der Waals surface area contributed by atoms with Crippen molar-refractivity contribution in [2.24, 2.45) is 10.7 Å². The third-order valence-electron chi connectivity index (χ3n) is 9.37. The highest BCUT2D eigenvalue weighted by Crippen LogP contribution is 2.43. The van der Waals surface area contributed by atoms with E-state index in [1.807, 2.05) is 19.9 Å². The number of alkyl halides is 3. The molecule has 246 valence electrons. The molecule has 2 aromatic heterocycles. The first-order valence-electron chi connectivity index (χ1n) is 16.0. The fraction of sp³-hybridized carbons (Fsp3) is 0.471. The number of benzene rings is 1. The number of amides is 2. The zero-order chi connectivity index (χ0) is 33.1. The van der Waals surface area contributed by atoms with E-state index in [2.05, 4.69) is 37.3 Å². The number of pyridine rings is 1. The smallest absolute Gasteiger partial charge is 0.373 e. The predicted molar refractivity (Wildman–Crippen MR) is 168 cm³/mol. The Morgan fingerprint density at radius 2 is 1.74 bits per heavy atom. The second-order valence-electron chi connectivity index (χ2n) is 13.0. The van der Waals surface area contributed by atoms with E-state index in [4.69, 9.17) is 15.5 Å². The molecule has 0 radical (unpaired) electrons. The van der Waals surface area contributed by atoms with E-state index >= 15 is 0 Å². The lowest BCUT2D eigenvalue weighted by molar-refractivity contribution is -0.141. The summed E-state index contributed by atoms with van der Waals surface area (Å²) < 4.78 is 46.4. The van der Waals surface area contributed by atoms with Crippen molar-refractivity contribution in [1.82, 2.24) is 20.3 Å². The normalized spacial score (nSPS) is 19.2. The van der Waals surface area contributed by atoms with Crippen LogP contribution in [0.15, 0.2) is 35.3 Å². The molecule has 3 fully saturated rings. The molecule has 1 aromatic carbocycles. The van der Waals surface area contributed by atoms with E-state index in [0.29, 0.717) is 55.5 Å². The predicted octanol–water partition coefficient (Wildman–Crippen LogP) is 4.67. The average Bonchev–Trinajstić information content (AvgIpc) is 3.95. The molecule has 13 heteroatoms. The quantitative estimate of drug-likeness (QED) is 0.345. The van der Waals surface area contributed by atoms with Crippen molar-refractivity contribution < 1.29 is 27.5 Å². The van der Waals surface area contributed by atoms with Crippen LogP contribution in [-0.2, 0) is 33.5 Å².